The molecule has 0 unspecified atom stereocenters. The summed E-state index contributed by atoms with van der Waals surface area (Å²) in [6, 6.07) is 7.66. The Morgan fingerprint density at radius 1 is 1.24 bits per heavy atom. The summed E-state index contributed by atoms with van der Waals surface area (Å²) >= 11 is 0. The molecule has 2 N–H and O–H groups in total. The van der Waals surface area contributed by atoms with Gasteiger partial charge in [-0.1, -0.05) is 6.07 Å². The third kappa shape index (κ3) is 3.58. The zero-order chi connectivity index (χ0) is 15.5. The van der Waals surface area contributed by atoms with Crippen LogP contribution in [-0.2, 0) is 19.3 Å². The number of benzene rings is 1. The van der Waals surface area contributed by atoms with Crippen molar-refractivity contribution in [3.8, 4) is 0 Å². The van der Waals surface area contributed by atoms with Gasteiger partial charge in [0.25, 0.3) is 0 Å². The van der Waals surface area contributed by atoms with E-state index in [1.165, 1.54) is 12.3 Å². The minimum Gasteiger partial charge on any atom is -0.467 e. The highest BCUT2D eigenvalue weighted by Gasteiger charge is 2.35. The summed E-state index contributed by atoms with van der Waals surface area (Å²) in [7, 11) is 0. The molecule has 1 aromatic heterocycles. The molecule has 0 aliphatic rings. The fourth-order valence-electron chi connectivity index (χ4n) is 2.17. The van der Waals surface area contributed by atoms with E-state index in [1.54, 1.807) is 30.0 Å². The summed E-state index contributed by atoms with van der Waals surface area (Å²) < 4.78 is 45.0. The molecule has 3 nitrogen and oxygen atoms in total. The highest BCUT2D eigenvalue weighted by Crippen LogP contribution is 2.37. The van der Waals surface area contributed by atoms with Gasteiger partial charge in [0.2, 0.25) is 0 Å². The van der Waals surface area contributed by atoms with Gasteiger partial charge in [-0.15, -0.1) is 0 Å². The molecule has 0 aliphatic carbocycles. The maximum Gasteiger partial charge on any atom is 0.418 e. The van der Waals surface area contributed by atoms with Crippen molar-refractivity contribution in [2.75, 3.05) is 11.4 Å². The van der Waals surface area contributed by atoms with E-state index < -0.39 is 11.7 Å². The van der Waals surface area contributed by atoms with Crippen molar-refractivity contribution in [3.05, 3.63) is 53.5 Å². The van der Waals surface area contributed by atoms with Crippen LogP contribution in [0, 0.1) is 0 Å². The van der Waals surface area contributed by atoms with Gasteiger partial charge in [0.05, 0.1) is 18.4 Å². The molecular weight excluding hydrogens is 281 g/mol. The van der Waals surface area contributed by atoms with Crippen molar-refractivity contribution in [3.63, 3.8) is 0 Å². The van der Waals surface area contributed by atoms with E-state index in [4.69, 9.17) is 10.2 Å². The van der Waals surface area contributed by atoms with Crippen LogP contribution >= 0.6 is 0 Å². The van der Waals surface area contributed by atoms with Gasteiger partial charge in [-0.05, 0) is 36.8 Å². The molecule has 0 saturated heterocycles. The molecule has 114 valence electrons. The number of furan rings is 1. The Bertz CT molecular complexity index is 579. The predicted octanol–water partition coefficient (Wildman–Crippen LogP) is 3.78. The van der Waals surface area contributed by atoms with Gasteiger partial charge in [-0.2, -0.15) is 13.2 Å². The van der Waals surface area contributed by atoms with Gasteiger partial charge in [0.15, 0.2) is 0 Å². The van der Waals surface area contributed by atoms with Crippen LogP contribution in [0.2, 0.25) is 0 Å². The average molecular weight is 298 g/mol. The van der Waals surface area contributed by atoms with E-state index >= 15 is 0 Å². The first-order chi connectivity index (χ1) is 9.95. The van der Waals surface area contributed by atoms with E-state index in [0.717, 1.165) is 6.07 Å². The lowest BCUT2D eigenvalue weighted by Gasteiger charge is -2.26. The standard InChI is InChI=1S/C15H17F3N2O/c1-2-20(10-12-4-3-7-21-12)14-6-5-11(9-19)8-13(14)15(16,17)18/h3-8H,2,9-10,19H2,1H3. The smallest absolute Gasteiger partial charge is 0.418 e. The predicted molar refractivity (Wildman–Crippen MR) is 74.8 cm³/mol. The number of nitrogens with two attached hydrogens (primary N) is 1. The first-order valence-electron chi connectivity index (χ1n) is 6.63. The second-order valence-corrected chi connectivity index (χ2v) is 4.65. The quantitative estimate of drug-likeness (QED) is 0.913. The van der Waals surface area contributed by atoms with E-state index in [0.29, 0.717) is 17.9 Å². The molecule has 21 heavy (non-hydrogen) atoms. The first kappa shape index (κ1) is 15.4. The SMILES string of the molecule is CCN(Cc1ccco1)c1ccc(CN)cc1C(F)(F)F. The summed E-state index contributed by atoms with van der Waals surface area (Å²) in [5.74, 6) is 0.618. The van der Waals surface area contributed by atoms with Crippen molar-refractivity contribution in [1.82, 2.24) is 0 Å². The lowest BCUT2D eigenvalue weighted by Crippen LogP contribution is -2.25. The minimum atomic E-state index is -4.42. The lowest BCUT2D eigenvalue weighted by atomic mass is 10.1. The summed E-state index contributed by atoms with van der Waals surface area (Å²) in [5.41, 5.74) is 5.36. The van der Waals surface area contributed by atoms with Crippen LogP contribution in [0.1, 0.15) is 23.8 Å². The topological polar surface area (TPSA) is 42.4 Å². The number of rotatable bonds is 5. The maximum atomic E-state index is 13.2. The van der Waals surface area contributed by atoms with Crippen molar-refractivity contribution in [2.45, 2.75) is 26.2 Å². The Morgan fingerprint density at radius 3 is 2.52 bits per heavy atom. The molecule has 0 fully saturated rings. The number of hydrogen-bond acceptors (Lipinski definition) is 3. The van der Waals surface area contributed by atoms with Crippen molar-refractivity contribution in [1.29, 1.82) is 0 Å². The molecule has 1 aromatic carbocycles. The second-order valence-electron chi connectivity index (χ2n) is 4.65. The molecule has 2 rings (SSSR count). The number of nitrogens with zero attached hydrogens (tertiary/aromatic N) is 1. The number of halogens is 3. The number of anilines is 1. The van der Waals surface area contributed by atoms with E-state index in [-0.39, 0.29) is 18.8 Å². The molecule has 0 bridgehead atoms. The summed E-state index contributed by atoms with van der Waals surface area (Å²) in [6.45, 7) is 2.61. The van der Waals surface area contributed by atoms with Crippen LogP contribution in [0.5, 0.6) is 0 Å². The van der Waals surface area contributed by atoms with Gasteiger partial charge in [0.1, 0.15) is 5.76 Å². The Hall–Kier alpha value is -1.95. The zero-order valence-electron chi connectivity index (χ0n) is 11.7. The third-order valence-corrected chi connectivity index (χ3v) is 3.25. The van der Waals surface area contributed by atoms with Crippen molar-refractivity contribution >= 4 is 5.69 Å². The van der Waals surface area contributed by atoms with Gasteiger partial charge in [0, 0.05) is 18.8 Å². The van der Waals surface area contributed by atoms with Gasteiger partial charge in [-0.3, -0.25) is 0 Å². The molecule has 0 aliphatic heterocycles. The molecule has 0 amide bonds. The summed E-state index contributed by atoms with van der Waals surface area (Å²) in [4.78, 5) is 1.63. The molecule has 0 atom stereocenters. The molecule has 0 spiro atoms. The fraction of sp³-hybridized carbons (Fsp3) is 0.333. The van der Waals surface area contributed by atoms with Gasteiger partial charge < -0.3 is 15.1 Å². The normalized spacial score (nSPS) is 11.7. The molecule has 2 aromatic rings. The van der Waals surface area contributed by atoms with Crippen LogP contribution in [0.25, 0.3) is 0 Å². The Labute approximate surface area is 121 Å². The van der Waals surface area contributed by atoms with Crippen LogP contribution < -0.4 is 10.6 Å². The minimum absolute atomic E-state index is 0.0771. The van der Waals surface area contributed by atoms with Crippen molar-refractivity contribution in [2.24, 2.45) is 5.73 Å². The van der Waals surface area contributed by atoms with Gasteiger partial charge >= 0.3 is 6.18 Å². The zero-order valence-corrected chi connectivity index (χ0v) is 11.7. The Kier molecular flexibility index (Phi) is 4.57. The van der Waals surface area contributed by atoms with E-state index in [1.807, 2.05) is 0 Å². The highest BCUT2D eigenvalue weighted by atomic mass is 19.4. The Balaban J connectivity index is 2.40. The highest BCUT2D eigenvalue weighted by molar-refractivity contribution is 5.56. The van der Waals surface area contributed by atoms with Crippen molar-refractivity contribution < 1.29 is 17.6 Å². The van der Waals surface area contributed by atoms with Crippen LogP contribution in [0.3, 0.4) is 0 Å². The molecule has 6 heteroatoms. The summed E-state index contributed by atoms with van der Waals surface area (Å²) in [6.07, 6.45) is -2.91. The van der Waals surface area contributed by atoms with Gasteiger partial charge in [-0.25, -0.2) is 0 Å². The molecule has 1 heterocycles. The van der Waals surface area contributed by atoms with Crippen LogP contribution in [0.4, 0.5) is 18.9 Å². The first-order valence-corrected chi connectivity index (χ1v) is 6.63. The lowest BCUT2D eigenvalue weighted by molar-refractivity contribution is -0.137. The van der Waals surface area contributed by atoms with Crippen LogP contribution in [0.15, 0.2) is 41.0 Å². The number of alkyl halides is 3. The summed E-state index contributed by atoms with van der Waals surface area (Å²) in [5, 5.41) is 0. The largest absolute Gasteiger partial charge is 0.467 e. The fourth-order valence-corrected chi connectivity index (χ4v) is 2.17. The average Bonchev–Trinajstić information content (AvgIpc) is 2.96. The van der Waals surface area contributed by atoms with Crippen LogP contribution in [-0.4, -0.2) is 6.54 Å². The monoisotopic (exact) mass is 298 g/mol. The number of hydrogen-bond donors (Lipinski definition) is 1. The second kappa shape index (κ2) is 6.22. The molecule has 0 saturated carbocycles. The maximum absolute atomic E-state index is 13.2. The Morgan fingerprint density at radius 2 is 2.00 bits per heavy atom. The third-order valence-electron chi connectivity index (χ3n) is 3.25. The molecular formula is C15H17F3N2O. The van der Waals surface area contributed by atoms with E-state index in [2.05, 4.69) is 0 Å². The molecule has 0 radical (unpaired) electrons. The van der Waals surface area contributed by atoms with E-state index in [9.17, 15) is 13.2 Å².